The predicted octanol–water partition coefficient (Wildman–Crippen LogP) is 1.95. The molecule has 0 saturated carbocycles. The third kappa shape index (κ3) is 3.56. The quantitative estimate of drug-likeness (QED) is 0.889. The molecule has 0 unspecified atom stereocenters. The first-order valence-electron chi connectivity index (χ1n) is 8.10. The molecular weight excluding hydrogens is 338 g/mol. The van der Waals surface area contributed by atoms with E-state index in [-0.39, 0.29) is 11.8 Å². The van der Waals surface area contributed by atoms with Gasteiger partial charge in [0.15, 0.2) is 0 Å². The summed E-state index contributed by atoms with van der Waals surface area (Å²) in [5.74, 6) is -0.148. The van der Waals surface area contributed by atoms with E-state index in [4.69, 9.17) is 5.26 Å². The summed E-state index contributed by atoms with van der Waals surface area (Å²) < 4.78 is 0. The maximum absolute atomic E-state index is 12.7. The van der Waals surface area contributed by atoms with Crippen molar-refractivity contribution >= 4 is 23.2 Å². The smallest absolute Gasteiger partial charge is 0.270 e. The van der Waals surface area contributed by atoms with Crippen LogP contribution in [-0.4, -0.2) is 57.8 Å². The highest BCUT2D eigenvalue weighted by Gasteiger charge is 2.26. The molecule has 25 heavy (non-hydrogen) atoms. The number of carbonyl (C=O) groups excluding carboxylic acids is 2. The highest BCUT2D eigenvalue weighted by Crippen LogP contribution is 2.20. The van der Waals surface area contributed by atoms with E-state index in [9.17, 15) is 9.59 Å². The lowest BCUT2D eigenvalue weighted by atomic mass is 10.3. The van der Waals surface area contributed by atoms with E-state index in [1.54, 1.807) is 15.9 Å². The third-order valence-electron chi connectivity index (χ3n) is 4.21. The molecular formula is C17H19N5O2S. The molecule has 0 aromatic carbocycles. The van der Waals surface area contributed by atoms with Gasteiger partial charge in [0.25, 0.3) is 11.8 Å². The first kappa shape index (κ1) is 17.2. The van der Waals surface area contributed by atoms with Gasteiger partial charge >= 0.3 is 0 Å². The normalized spacial score (nSPS) is 14.9. The Morgan fingerprint density at radius 1 is 1.20 bits per heavy atom. The van der Waals surface area contributed by atoms with Crippen molar-refractivity contribution in [2.24, 2.45) is 0 Å². The Balaban J connectivity index is 1.68. The zero-order valence-corrected chi connectivity index (χ0v) is 15.0. The number of H-pyrrole nitrogens is 1. The summed E-state index contributed by atoms with van der Waals surface area (Å²) in [6, 6.07) is 3.56. The first-order valence-corrected chi connectivity index (χ1v) is 8.92. The lowest BCUT2D eigenvalue weighted by Crippen LogP contribution is -2.37. The summed E-state index contributed by atoms with van der Waals surface area (Å²) in [7, 11) is 0. The first-order chi connectivity index (χ1) is 12.0. The van der Waals surface area contributed by atoms with Crippen molar-refractivity contribution < 1.29 is 9.59 Å². The van der Waals surface area contributed by atoms with Gasteiger partial charge in [0.1, 0.15) is 16.6 Å². The Bertz CT molecular complexity index is 848. The number of amides is 2. The molecule has 1 aliphatic rings. The molecule has 0 aliphatic carbocycles. The second kappa shape index (κ2) is 7.07. The number of nitriles is 1. The van der Waals surface area contributed by atoms with Crippen molar-refractivity contribution in [2.75, 3.05) is 26.2 Å². The van der Waals surface area contributed by atoms with Crippen molar-refractivity contribution in [3.8, 4) is 6.07 Å². The van der Waals surface area contributed by atoms with Crippen molar-refractivity contribution in [1.82, 2.24) is 19.8 Å². The van der Waals surface area contributed by atoms with E-state index in [1.165, 1.54) is 17.5 Å². The van der Waals surface area contributed by atoms with Gasteiger partial charge in [-0.25, -0.2) is 4.98 Å². The van der Waals surface area contributed by atoms with Crippen molar-refractivity contribution in [3.05, 3.63) is 39.1 Å². The number of aromatic nitrogens is 2. The van der Waals surface area contributed by atoms with E-state index in [0.717, 1.165) is 17.1 Å². The van der Waals surface area contributed by atoms with Gasteiger partial charge in [-0.1, -0.05) is 0 Å². The lowest BCUT2D eigenvalue weighted by Gasteiger charge is -2.21. The SMILES string of the molecule is Cc1nc(C)c(C(=O)N2CCCN(C(=O)c3cc(C#N)c[nH]3)CC2)s1. The zero-order chi connectivity index (χ0) is 18.0. The molecule has 3 rings (SSSR count). The molecule has 1 aliphatic heterocycles. The fourth-order valence-corrected chi connectivity index (χ4v) is 3.84. The van der Waals surface area contributed by atoms with Gasteiger partial charge in [-0.3, -0.25) is 9.59 Å². The van der Waals surface area contributed by atoms with Crippen LogP contribution >= 0.6 is 11.3 Å². The fourth-order valence-electron chi connectivity index (χ4n) is 2.95. The summed E-state index contributed by atoms with van der Waals surface area (Å²) in [4.78, 5) is 36.7. The number of nitrogens with zero attached hydrogens (tertiary/aromatic N) is 4. The number of hydrogen-bond acceptors (Lipinski definition) is 5. The molecule has 2 aromatic heterocycles. The minimum absolute atomic E-state index is 0.0101. The van der Waals surface area contributed by atoms with Crippen molar-refractivity contribution in [1.29, 1.82) is 5.26 Å². The zero-order valence-electron chi connectivity index (χ0n) is 14.2. The van der Waals surface area contributed by atoms with Gasteiger partial charge in [-0.15, -0.1) is 11.3 Å². The fraction of sp³-hybridized carbons (Fsp3) is 0.412. The van der Waals surface area contributed by atoms with Crippen LogP contribution in [0.3, 0.4) is 0 Å². The third-order valence-corrected chi connectivity index (χ3v) is 5.27. The number of carbonyl (C=O) groups is 2. The molecule has 0 spiro atoms. The van der Waals surface area contributed by atoms with Gasteiger partial charge in [0, 0.05) is 32.4 Å². The van der Waals surface area contributed by atoms with Crippen LogP contribution < -0.4 is 0 Å². The second-order valence-corrected chi connectivity index (χ2v) is 7.20. The van der Waals surface area contributed by atoms with Gasteiger partial charge in [-0.2, -0.15) is 5.26 Å². The number of thiazole rings is 1. The lowest BCUT2D eigenvalue weighted by molar-refractivity contribution is 0.0718. The standard InChI is InChI=1S/C17H19N5O2S/c1-11-15(25-12(2)20-11)17(24)22-5-3-4-21(6-7-22)16(23)14-8-13(9-18)10-19-14/h8,10,19H,3-7H2,1-2H3. The average Bonchev–Trinajstić information content (AvgIpc) is 3.12. The second-order valence-electron chi connectivity index (χ2n) is 6.00. The maximum atomic E-state index is 12.7. The molecule has 0 bridgehead atoms. The van der Waals surface area contributed by atoms with Crippen LogP contribution in [0.4, 0.5) is 0 Å². The highest BCUT2D eigenvalue weighted by molar-refractivity contribution is 7.13. The molecule has 2 amide bonds. The Kier molecular flexibility index (Phi) is 4.86. The van der Waals surface area contributed by atoms with Crippen LogP contribution in [0.1, 0.15) is 42.8 Å². The average molecular weight is 357 g/mol. The molecule has 1 N–H and O–H groups in total. The predicted molar refractivity (Wildman–Crippen MR) is 93.5 cm³/mol. The van der Waals surface area contributed by atoms with Crippen LogP contribution in [0.5, 0.6) is 0 Å². The summed E-state index contributed by atoms with van der Waals surface area (Å²) in [6.07, 6.45) is 2.25. The molecule has 0 radical (unpaired) electrons. The van der Waals surface area contributed by atoms with Crippen LogP contribution in [0.2, 0.25) is 0 Å². The number of aromatic amines is 1. The number of rotatable bonds is 2. The van der Waals surface area contributed by atoms with Crippen LogP contribution in [-0.2, 0) is 0 Å². The van der Waals surface area contributed by atoms with Crippen molar-refractivity contribution in [2.45, 2.75) is 20.3 Å². The van der Waals surface area contributed by atoms with Gasteiger partial charge < -0.3 is 14.8 Å². The van der Waals surface area contributed by atoms with Crippen LogP contribution in [0.25, 0.3) is 0 Å². The molecule has 1 saturated heterocycles. The minimum Gasteiger partial charge on any atom is -0.356 e. The largest absolute Gasteiger partial charge is 0.356 e. The van der Waals surface area contributed by atoms with Gasteiger partial charge in [0.2, 0.25) is 0 Å². The van der Waals surface area contributed by atoms with Crippen LogP contribution in [0, 0.1) is 25.2 Å². The Morgan fingerprint density at radius 3 is 2.44 bits per heavy atom. The van der Waals surface area contributed by atoms with Crippen LogP contribution in [0.15, 0.2) is 12.3 Å². The van der Waals surface area contributed by atoms with Gasteiger partial charge in [0.05, 0.1) is 16.3 Å². The topological polar surface area (TPSA) is 93.1 Å². The Hall–Kier alpha value is -2.66. The summed E-state index contributed by atoms with van der Waals surface area (Å²) in [6.45, 7) is 5.91. The molecule has 1 fully saturated rings. The Labute approximate surface area is 149 Å². The van der Waals surface area contributed by atoms with E-state index >= 15 is 0 Å². The van der Waals surface area contributed by atoms with Gasteiger partial charge in [-0.05, 0) is 26.3 Å². The molecule has 3 heterocycles. The highest BCUT2D eigenvalue weighted by atomic mass is 32.1. The Morgan fingerprint density at radius 2 is 1.88 bits per heavy atom. The molecule has 8 heteroatoms. The van der Waals surface area contributed by atoms with Crippen molar-refractivity contribution in [3.63, 3.8) is 0 Å². The monoisotopic (exact) mass is 357 g/mol. The summed E-state index contributed by atoms with van der Waals surface area (Å²) in [5.41, 5.74) is 1.61. The molecule has 2 aromatic rings. The molecule has 130 valence electrons. The van der Waals surface area contributed by atoms with E-state index in [1.807, 2.05) is 19.9 Å². The number of aryl methyl sites for hydroxylation is 2. The minimum atomic E-state index is -0.138. The van der Waals surface area contributed by atoms with E-state index in [0.29, 0.717) is 42.3 Å². The molecule has 7 nitrogen and oxygen atoms in total. The van der Waals surface area contributed by atoms with E-state index in [2.05, 4.69) is 9.97 Å². The number of hydrogen-bond donors (Lipinski definition) is 1. The molecule has 0 atom stereocenters. The summed E-state index contributed by atoms with van der Waals surface area (Å²) in [5, 5.41) is 9.75. The summed E-state index contributed by atoms with van der Waals surface area (Å²) >= 11 is 1.41. The maximum Gasteiger partial charge on any atom is 0.270 e. The number of nitrogens with one attached hydrogen (secondary N) is 1. The van der Waals surface area contributed by atoms with E-state index < -0.39 is 0 Å².